The first kappa shape index (κ1) is 15.5. The van der Waals surface area contributed by atoms with Crippen LogP contribution < -0.4 is 10.6 Å². The Balaban J connectivity index is 0.00000162. The van der Waals surface area contributed by atoms with Crippen LogP contribution in [-0.2, 0) is 4.79 Å². The van der Waals surface area contributed by atoms with Crippen molar-refractivity contribution in [1.82, 2.24) is 10.6 Å². The molecule has 1 fully saturated rings. The smallest absolute Gasteiger partial charge is 0.223 e. The monoisotopic (exact) mass is 272 g/mol. The number of hydrogen-bond donors (Lipinski definition) is 2. The summed E-state index contributed by atoms with van der Waals surface area (Å²) in [5.41, 5.74) is 1.43. The van der Waals surface area contributed by atoms with Gasteiger partial charge in [0.25, 0.3) is 0 Å². The molecule has 4 heteroatoms. The molecular formula is C14H25ClN2O. The van der Waals surface area contributed by atoms with E-state index in [1.54, 1.807) is 0 Å². The number of amides is 1. The van der Waals surface area contributed by atoms with Crippen LogP contribution in [-0.4, -0.2) is 25.5 Å². The van der Waals surface area contributed by atoms with Gasteiger partial charge >= 0.3 is 0 Å². The lowest BCUT2D eigenvalue weighted by molar-refractivity contribution is -0.125. The van der Waals surface area contributed by atoms with E-state index in [1.807, 2.05) is 0 Å². The van der Waals surface area contributed by atoms with Crippen LogP contribution in [0.25, 0.3) is 0 Å². The molecule has 0 saturated carbocycles. The van der Waals surface area contributed by atoms with Crippen molar-refractivity contribution in [3.8, 4) is 0 Å². The molecule has 0 aromatic heterocycles. The molecule has 0 spiro atoms. The molecule has 1 atom stereocenters. The zero-order valence-electron chi connectivity index (χ0n) is 11.0. The van der Waals surface area contributed by atoms with Gasteiger partial charge in [0.2, 0.25) is 5.91 Å². The summed E-state index contributed by atoms with van der Waals surface area (Å²) in [5.74, 6) is 0.495. The van der Waals surface area contributed by atoms with E-state index in [0.717, 1.165) is 38.9 Å². The number of nitrogens with one attached hydrogen (secondary N) is 2. The van der Waals surface area contributed by atoms with Gasteiger partial charge in [0.1, 0.15) is 0 Å². The van der Waals surface area contributed by atoms with Crippen LogP contribution in [0.4, 0.5) is 0 Å². The minimum absolute atomic E-state index is 0. The van der Waals surface area contributed by atoms with Gasteiger partial charge < -0.3 is 10.6 Å². The summed E-state index contributed by atoms with van der Waals surface area (Å²) in [7, 11) is 0. The van der Waals surface area contributed by atoms with Crippen LogP contribution in [0.1, 0.15) is 44.9 Å². The van der Waals surface area contributed by atoms with Crippen LogP contribution in [0.2, 0.25) is 0 Å². The molecule has 1 heterocycles. The zero-order chi connectivity index (χ0) is 11.9. The SMILES string of the molecule is Cl.O=C(NCC1=CCCCC1)C1CCCNCC1. The van der Waals surface area contributed by atoms with E-state index in [1.165, 1.54) is 31.3 Å². The Kier molecular flexibility index (Phi) is 7.36. The maximum Gasteiger partial charge on any atom is 0.223 e. The van der Waals surface area contributed by atoms with Gasteiger partial charge in [-0.05, 0) is 58.0 Å². The molecule has 2 N–H and O–H groups in total. The molecule has 0 aromatic carbocycles. The lowest BCUT2D eigenvalue weighted by Crippen LogP contribution is -2.32. The Morgan fingerprint density at radius 1 is 1.28 bits per heavy atom. The second kappa shape index (κ2) is 8.54. The van der Waals surface area contributed by atoms with E-state index < -0.39 is 0 Å². The molecule has 0 aromatic rings. The van der Waals surface area contributed by atoms with Gasteiger partial charge in [0, 0.05) is 12.5 Å². The third kappa shape index (κ3) is 4.99. The Hall–Kier alpha value is -0.540. The zero-order valence-corrected chi connectivity index (χ0v) is 11.9. The standard InChI is InChI=1S/C14H24N2O.ClH/c17-14(13-7-4-9-15-10-8-13)16-11-12-5-2-1-3-6-12;/h5,13,15H,1-4,6-11H2,(H,16,17);1H. The molecule has 1 aliphatic carbocycles. The first-order chi connectivity index (χ1) is 8.36. The van der Waals surface area contributed by atoms with Gasteiger partial charge in [-0.3, -0.25) is 4.79 Å². The fraction of sp³-hybridized carbons (Fsp3) is 0.786. The van der Waals surface area contributed by atoms with Crippen molar-refractivity contribution in [2.24, 2.45) is 5.92 Å². The minimum atomic E-state index is 0. The Bertz CT molecular complexity index is 284. The van der Waals surface area contributed by atoms with Crippen molar-refractivity contribution in [2.45, 2.75) is 44.9 Å². The maximum absolute atomic E-state index is 12.0. The molecule has 2 rings (SSSR count). The second-order valence-corrected chi connectivity index (χ2v) is 5.20. The predicted molar refractivity (Wildman–Crippen MR) is 77.0 cm³/mol. The molecule has 3 nitrogen and oxygen atoms in total. The average Bonchev–Trinajstić information content (AvgIpc) is 2.66. The topological polar surface area (TPSA) is 41.1 Å². The highest BCUT2D eigenvalue weighted by molar-refractivity contribution is 5.85. The molecule has 0 radical (unpaired) electrons. The number of hydrogen-bond acceptors (Lipinski definition) is 2. The number of allylic oxidation sites excluding steroid dienone is 1. The third-order valence-corrected chi connectivity index (χ3v) is 3.82. The van der Waals surface area contributed by atoms with E-state index in [2.05, 4.69) is 16.7 Å². The fourth-order valence-corrected chi connectivity index (χ4v) is 2.69. The molecule has 104 valence electrons. The van der Waals surface area contributed by atoms with Crippen molar-refractivity contribution < 1.29 is 4.79 Å². The van der Waals surface area contributed by atoms with Crippen LogP contribution in [0.5, 0.6) is 0 Å². The van der Waals surface area contributed by atoms with Gasteiger partial charge in [-0.1, -0.05) is 11.6 Å². The molecule has 2 aliphatic rings. The Morgan fingerprint density at radius 3 is 2.94 bits per heavy atom. The maximum atomic E-state index is 12.0. The van der Waals surface area contributed by atoms with Gasteiger partial charge in [0.05, 0.1) is 0 Å². The summed E-state index contributed by atoms with van der Waals surface area (Å²) in [6.07, 6.45) is 10.4. The van der Waals surface area contributed by atoms with Crippen molar-refractivity contribution in [1.29, 1.82) is 0 Å². The minimum Gasteiger partial charge on any atom is -0.352 e. The average molecular weight is 273 g/mol. The van der Waals surface area contributed by atoms with Gasteiger partial charge in [-0.25, -0.2) is 0 Å². The highest BCUT2D eigenvalue weighted by atomic mass is 35.5. The molecule has 18 heavy (non-hydrogen) atoms. The van der Waals surface area contributed by atoms with Crippen LogP contribution in [0.3, 0.4) is 0 Å². The largest absolute Gasteiger partial charge is 0.352 e. The highest BCUT2D eigenvalue weighted by Crippen LogP contribution is 2.17. The van der Waals surface area contributed by atoms with Crippen molar-refractivity contribution in [2.75, 3.05) is 19.6 Å². The normalized spacial score (nSPS) is 24.4. The lowest BCUT2D eigenvalue weighted by atomic mass is 9.98. The summed E-state index contributed by atoms with van der Waals surface area (Å²) in [4.78, 5) is 12.0. The first-order valence-electron chi connectivity index (χ1n) is 7.02. The van der Waals surface area contributed by atoms with E-state index in [-0.39, 0.29) is 24.2 Å². The van der Waals surface area contributed by atoms with Crippen molar-refractivity contribution >= 4 is 18.3 Å². The van der Waals surface area contributed by atoms with Gasteiger partial charge in [-0.2, -0.15) is 0 Å². The summed E-state index contributed by atoms with van der Waals surface area (Å²) in [5, 5.41) is 6.46. The Labute approximate surface area is 116 Å². The highest BCUT2D eigenvalue weighted by Gasteiger charge is 2.19. The van der Waals surface area contributed by atoms with Crippen LogP contribution in [0.15, 0.2) is 11.6 Å². The number of carbonyl (C=O) groups excluding carboxylic acids is 1. The summed E-state index contributed by atoms with van der Waals surface area (Å²) in [6.45, 7) is 2.83. The van der Waals surface area contributed by atoms with Crippen LogP contribution >= 0.6 is 12.4 Å². The van der Waals surface area contributed by atoms with E-state index in [4.69, 9.17) is 0 Å². The van der Waals surface area contributed by atoms with Gasteiger partial charge in [0.15, 0.2) is 0 Å². The summed E-state index contributed by atoms with van der Waals surface area (Å²) >= 11 is 0. The molecule has 1 saturated heterocycles. The first-order valence-corrected chi connectivity index (χ1v) is 7.02. The van der Waals surface area contributed by atoms with E-state index in [9.17, 15) is 4.79 Å². The molecule has 1 aliphatic heterocycles. The number of halogens is 1. The number of carbonyl (C=O) groups is 1. The molecule has 1 unspecified atom stereocenters. The quantitative estimate of drug-likeness (QED) is 0.775. The van der Waals surface area contributed by atoms with Gasteiger partial charge in [-0.15, -0.1) is 12.4 Å². The fourth-order valence-electron chi connectivity index (χ4n) is 2.69. The summed E-state index contributed by atoms with van der Waals surface area (Å²) < 4.78 is 0. The lowest BCUT2D eigenvalue weighted by Gasteiger charge is -2.17. The van der Waals surface area contributed by atoms with Crippen LogP contribution in [0, 0.1) is 5.92 Å². The predicted octanol–water partition coefficient (Wildman–Crippen LogP) is 2.41. The van der Waals surface area contributed by atoms with Crippen molar-refractivity contribution in [3.63, 3.8) is 0 Å². The summed E-state index contributed by atoms with van der Waals surface area (Å²) in [6, 6.07) is 0. The van der Waals surface area contributed by atoms with Crippen molar-refractivity contribution in [3.05, 3.63) is 11.6 Å². The van der Waals surface area contributed by atoms with E-state index >= 15 is 0 Å². The second-order valence-electron chi connectivity index (χ2n) is 5.20. The third-order valence-electron chi connectivity index (χ3n) is 3.82. The van der Waals surface area contributed by atoms with E-state index in [0.29, 0.717) is 0 Å². The number of rotatable bonds is 3. The Morgan fingerprint density at radius 2 is 2.17 bits per heavy atom. The molecule has 0 bridgehead atoms. The molecular weight excluding hydrogens is 248 g/mol. The molecule has 1 amide bonds.